The third-order valence-corrected chi connectivity index (χ3v) is 7.34. The second kappa shape index (κ2) is 8.48. The molecule has 27 heavy (non-hydrogen) atoms. The van der Waals surface area contributed by atoms with Gasteiger partial charge in [0.1, 0.15) is 0 Å². The number of amides is 1. The molecule has 0 saturated heterocycles. The molecule has 0 bridgehead atoms. The summed E-state index contributed by atoms with van der Waals surface area (Å²) >= 11 is 3.23. The third kappa shape index (κ3) is 5.36. The van der Waals surface area contributed by atoms with Crippen LogP contribution in [0, 0.1) is 0 Å². The second-order valence-corrected chi connectivity index (χ2v) is 10.3. The molecular formula is C16H18BrN3O5S2. The Labute approximate surface area is 166 Å². The molecule has 2 aromatic rings. The predicted molar refractivity (Wildman–Crippen MR) is 105 cm³/mol. The molecule has 0 aliphatic carbocycles. The van der Waals surface area contributed by atoms with Crippen molar-refractivity contribution < 1.29 is 21.6 Å². The molecule has 0 atom stereocenters. The highest BCUT2D eigenvalue weighted by molar-refractivity contribution is 9.10. The minimum atomic E-state index is -3.83. The fourth-order valence-corrected chi connectivity index (χ4v) is 4.30. The highest BCUT2D eigenvalue weighted by Crippen LogP contribution is 2.18. The number of hydrogen-bond donors (Lipinski definition) is 2. The maximum Gasteiger partial charge on any atom is 0.243 e. The molecule has 0 heterocycles. The highest BCUT2D eigenvalue weighted by Gasteiger charge is 2.23. The number of sulfonamides is 2. The fourth-order valence-electron chi connectivity index (χ4n) is 2.13. The van der Waals surface area contributed by atoms with E-state index in [2.05, 4.69) is 26.0 Å². The first kappa shape index (κ1) is 21.5. The van der Waals surface area contributed by atoms with Crippen molar-refractivity contribution >= 4 is 47.6 Å². The van der Waals surface area contributed by atoms with Gasteiger partial charge in [-0.25, -0.2) is 21.6 Å². The first-order valence-electron chi connectivity index (χ1n) is 7.61. The number of halogens is 1. The number of benzene rings is 2. The highest BCUT2D eigenvalue weighted by atomic mass is 79.9. The topological polar surface area (TPSA) is 113 Å². The lowest BCUT2D eigenvalue weighted by Crippen LogP contribution is -2.35. The smallest absolute Gasteiger partial charge is 0.243 e. The van der Waals surface area contributed by atoms with Gasteiger partial charge in [-0.15, -0.1) is 0 Å². The Morgan fingerprint density at radius 3 is 2.26 bits per heavy atom. The van der Waals surface area contributed by atoms with Gasteiger partial charge in [0.25, 0.3) is 0 Å². The van der Waals surface area contributed by atoms with Gasteiger partial charge in [0.15, 0.2) is 0 Å². The molecule has 0 spiro atoms. The molecule has 2 aromatic carbocycles. The zero-order chi connectivity index (χ0) is 20.2. The summed E-state index contributed by atoms with van der Waals surface area (Å²) < 4.78 is 52.5. The third-order valence-electron chi connectivity index (χ3n) is 3.58. The van der Waals surface area contributed by atoms with Crippen molar-refractivity contribution in [2.75, 3.05) is 26.0 Å². The van der Waals surface area contributed by atoms with Gasteiger partial charge in [-0.05, 0) is 49.5 Å². The van der Waals surface area contributed by atoms with Crippen LogP contribution in [0.5, 0.6) is 0 Å². The molecule has 0 aromatic heterocycles. The Bertz CT molecular complexity index is 1040. The number of hydrogen-bond acceptors (Lipinski definition) is 5. The number of likely N-dealkylation sites (N-methyl/N-ethyl adjacent to an activating group) is 1. The average Bonchev–Trinajstić information content (AvgIpc) is 2.62. The van der Waals surface area contributed by atoms with Gasteiger partial charge in [-0.3, -0.25) is 4.79 Å². The van der Waals surface area contributed by atoms with E-state index < -0.39 is 32.5 Å². The summed E-state index contributed by atoms with van der Waals surface area (Å²) in [6.07, 6.45) is 0. The lowest BCUT2D eigenvalue weighted by molar-refractivity contribution is -0.116. The van der Waals surface area contributed by atoms with Gasteiger partial charge < -0.3 is 5.32 Å². The summed E-state index contributed by atoms with van der Waals surface area (Å²) in [6, 6.07) is 11.7. The summed E-state index contributed by atoms with van der Waals surface area (Å²) in [6.45, 7) is -0.429. The van der Waals surface area contributed by atoms with Crippen LogP contribution in [-0.2, 0) is 24.8 Å². The number of rotatable bonds is 7. The zero-order valence-electron chi connectivity index (χ0n) is 14.5. The predicted octanol–water partition coefficient (Wildman–Crippen LogP) is 1.62. The van der Waals surface area contributed by atoms with Crippen molar-refractivity contribution in [1.82, 2.24) is 9.03 Å². The van der Waals surface area contributed by atoms with Crippen LogP contribution in [0.3, 0.4) is 0 Å². The first-order valence-corrected chi connectivity index (χ1v) is 11.3. The van der Waals surface area contributed by atoms with Gasteiger partial charge in [-0.1, -0.05) is 22.0 Å². The van der Waals surface area contributed by atoms with Crippen molar-refractivity contribution in [3.8, 4) is 0 Å². The maximum atomic E-state index is 12.5. The number of nitrogens with one attached hydrogen (secondary N) is 2. The Balaban J connectivity index is 2.11. The van der Waals surface area contributed by atoms with Crippen molar-refractivity contribution in [2.24, 2.45) is 0 Å². The van der Waals surface area contributed by atoms with Crippen LogP contribution in [0.4, 0.5) is 5.69 Å². The molecule has 8 nitrogen and oxygen atoms in total. The molecule has 2 N–H and O–H groups in total. The van der Waals surface area contributed by atoms with Crippen molar-refractivity contribution in [1.29, 1.82) is 0 Å². The largest absolute Gasteiger partial charge is 0.325 e. The van der Waals surface area contributed by atoms with Crippen LogP contribution in [0.25, 0.3) is 0 Å². The van der Waals surface area contributed by atoms with Crippen LogP contribution in [0.2, 0.25) is 0 Å². The quantitative estimate of drug-likeness (QED) is 0.631. The lowest BCUT2D eigenvalue weighted by atomic mass is 10.3. The summed E-state index contributed by atoms with van der Waals surface area (Å²) in [4.78, 5) is 12.2. The van der Waals surface area contributed by atoms with Crippen LogP contribution in [-0.4, -0.2) is 47.7 Å². The van der Waals surface area contributed by atoms with Gasteiger partial charge in [-0.2, -0.15) is 4.31 Å². The molecule has 2 rings (SSSR count). The molecular weight excluding hydrogens is 458 g/mol. The number of carbonyl (C=O) groups is 1. The molecule has 0 aliphatic heterocycles. The second-order valence-electron chi connectivity index (χ2n) is 5.50. The maximum absolute atomic E-state index is 12.5. The molecule has 0 radical (unpaired) electrons. The Kier molecular flexibility index (Phi) is 6.76. The summed E-state index contributed by atoms with van der Waals surface area (Å²) in [5.74, 6) is -0.600. The minimum Gasteiger partial charge on any atom is -0.325 e. The SMILES string of the molecule is CNS(=O)(=O)c1cccc(NC(=O)CN(C)S(=O)(=O)c2ccc(Br)cc2)c1. The number of anilines is 1. The van der Waals surface area contributed by atoms with Crippen molar-refractivity contribution in [3.05, 3.63) is 53.0 Å². The lowest BCUT2D eigenvalue weighted by Gasteiger charge is -2.17. The molecule has 0 saturated carbocycles. The van der Waals surface area contributed by atoms with Crippen molar-refractivity contribution in [2.45, 2.75) is 9.79 Å². The normalized spacial score (nSPS) is 12.1. The molecule has 0 unspecified atom stereocenters. The Hall–Kier alpha value is -1.79. The van der Waals surface area contributed by atoms with Gasteiger partial charge in [0.2, 0.25) is 26.0 Å². The zero-order valence-corrected chi connectivity index (χ0v) is 17.7. The van der Waals surface area contributed by atoms with Gasteiger partial charge >= 0.3 is 0 Å². The van der Waals surface area contributed by atoms with E-state index in [0.29, 0.717) is 0 Å². The van der Waals surface area contributed by atoms with E-state index >= 15 is 0 Å². The summed E-state index contributed by atoms with van der Waals surface area (Å²) in [5.41, 5.74) is 0.241. The van der Waals surface area contributed by atoms with Crippen LogP contribution >= 0.6 is 15.9 Å². The summed E-state index contributed by atoms with van der Waals surface area (Å²) in [7, 11) is -4.92. The van der Waals surface area contributed by atoms with E-state index in [1.807, 2.05) is 0 Å². The monoisotopic (exact) mass is 475 g/mol. The van der Waals surface area contributed by atoms with E-state index in [4.69, 9.17) is 0 Å². The van der Waals surface area contributed by atoms with E-state index in [-0.39, 0.29) is 15.5 Å². The fraction of sp³-hybridized carbons (Fsp3) is 0.188. The molecule has 0 fully saturated rings. The Morgan fingerprint density at radius 1 is 1.04 bits per heavy atom. The molecule has 0 aliphatic rings. The number of nitrogens with zero attached hydrogens (tertiary/aromatic N) is 1. The van der Waals surface area contributed by atoms with Crippen LogP contribution in [0.1, 0.15) is 0 Å². The summed E-state index contributed by atoms with van der Waals surface area (Å²) in [5, 5.41) is 2.50. The molecule has 146 valence electrons. The van der Waals surface area contributed by atoms with E-state index in [1.54, 1.807) is 12.1 Å². The Morgan fingerprint density at radius 2 is 1.67 bits per heavy atom. The van der Waals surface area contributed by atoms with Crippen LogP contribution < -0.4 is 10.0 Å². The first-order chi connectivity index (χ1) is 12.6. The standard InChI is InChI=1S/C16H18BrN3O5S2/c1-18-26(22,23)15-5-3-4-13(10-15)19-16(21)11-20(2)27(24,25)14-8-6-12(17)7-9-14/h3-10,18H,11H2,1-2H3,(H,19,21). The van der Waals surface area contributed by atoms with Crippen LogP contribution in [0.15, 0.2) is 62.8 Å². The van der Waals surface area contributed by atoms with Gasteiger partial charge in [0.05, 0.1) is 16.3 Å². The molecule has 11 heteroatoms. The van der Waals surface area contributed by atoms with Crippen molar-refractivity contribution in [3.63, 3.8) is 0 Å². The minimum absolute atomic E-state index is 0.0151. The molecule has 1 amide bonds. The average molecular weight is 476 g/mol. The van der Waals surface area contributed by atoms with Gasteiger partial charge in [0, 0.05) is 17.2 Å². The van der Waals surface area contributed by atoms with E-state index in [1.165, 1.54) is 50.5 Å². The van der Waals surface area contributed by atoms with E-state index in [0.717, 1.165) is 8.78 Å². The number of carbonyl (C=O) groups excluding carboxylic acids is 1. The van der Waals surface area contributed by atoms with E-state index in [9.17, 15) is 21.6 Å².